The number of hydrogen-bond donors (Lipinski definition) is 0. The molecule has 0 aliphatic rings. The minimum Gasteiger partial charge on any atom is -0.259 e. The van der Waals surface area contributed by atoms with Gasteiger partial charge < -0.3 is 0 Å². The van der Waals surface area contributed by atoms with E-state index in [1.807, 2.05) is 0 Å². The largest absolute Gasteiger partial charge is 0.259 e. The summed E-state index contributed by atoms with van der Waals surface area (Å²) in [6, 6.07) is 7.11. The standard InChI is InChI=1S/C10H8N4O2/c15-13(16)8-5-9-1-3-10(4-2-9)14-11-6-7-12-14/h1-8H. The van der Waals surface area contributed by atoms with Crippen LogP contribution in [0.1, 0.15) is 5.56 Å². The quantitative estimate of drug-likeness (QED) is 0.575. The van der Waals surface area contributed by atoms with Gasteiger partial charge in [-0.2, -0.15) is 15.0 Å². The van der Waals surface area contributed by atoms with Crippen LogP contribution in [0, 0.1) is 10.1 Å². The SMILES string of the molecule is O=[N+]([O-])C=Cc1ccc(-n2nccn2)cc1. The molecule has 1 heterocycles. The molecule has 0 fully saturated rings. The lowest BCUT2D eigenvalue weighted by Gasteiger charge is -1.98. The molecule has 1 aromatic carbocycles. The fraction of sp³-hybridized carbons (Fsp3) is 0. The van der Waals surface area contributed by atoms with Crippen molar-refractivity contribution in [2.45, 2.75) is 0 Å². The third-order valence-corrected chi connectivity index (χ3v) is 1.93. The maximum atomic E-state index is 10.1. The summed E-state index contributed by atoms with van der Waals surface area (Å²) in [6.45, 7) is 0. The monoisotopic (exact) mass is 216 g/mol. The Balaban J connectivity index is 2.20. The molecule has 6 nitrogen and oxygen atoms in total. The van der Waals surface area contributed by atoms with E-state index < -0.39 is 4.92 Å². The van der Waals surface area contributed by atoms with Crippen molar-refractivity contribution in [1.29, 1.82) is 0 Å². The topological polar surface area (TPSA) is 73.8 Å². The molecule has 0 saturated carbocycles. The number of nitro groups is 1. The van der Waals surface area contributed by atoms with E-state index in [0.717, 1.165) is 17.5 Å². The van der Waals surface area contributed by atoms with Gasteiger partial charge in [0.25, 0.3) is 0 Å². The van der Waals surface area contributed by atoms with Crippen LogP contribution in [-0.4, -0.2) is 19.9 Å². The zero-order valence-corrected chi connectivity index (χ0v) is 8.22. The first kappa shape index (κ1) is 10.0. The van der Waals surface area contributed by atoms with Gasteiger partial charge in [-0.15, -0.1) is 0 Å². The number of benzene rings is 1. The van der Waals surface area contributed by atoms with Gasteiger partial charge in [0.05, 0.1) is 23.0 Å². The third-order valence-electron chi connectivity index (χ3n) is 1.93. The summed E-state index contributed by atoms with van der Waals surface area (Å²) in [5.41, 5.74) is 1.57. The smallest absolute Gasteiger partial charge is 0.235 e. The predicted molar refractivity (Wildman–Crippen MR) is 57.4 cm³/mol. The summed E-state index contributed by atoms with van der Waals surface area (Å²) >= 11 is 0. The molecule has 0 aliphatic heterocycles. The second-order valence-corrected chi connectivity index (χ2v) is 3.01. The Morgan fingerprint density at radius 1 is 1.19 bits per heavy atom. The number of rotatable bonds is 3. The fourth-order valence-corrected chi connectivity index (χ4v) is 1.21. The van der Waals surface area contributed by atoms with Crippen LogP contribution >= 0.6 is 0 Å². The van der Waals surface area contributed by atoms with Crippen molar-refractivity contribution in [3.63, 3.8) is 0 Å². The van der Waals surface area contributed by atoms with E-state index in [1.54, 1.807) is 36.7 Å². The van der Waals surface area contributed by atoms with Crippen molar-refractivity contribution in [2.75, 3.05) is 0 Å². The van der Waals surface area contributed by atoms with Gasteiger partial charge in [0.2, 0.25) is 6.20 Å². The van der Waals surface area contributed by atoms with Gasteiger partial charge >= 0.3 is 0 Å². The maximum absolute atomic E-state index is 10.1. The molecule has 0 aliphatic carbocycles. The second kappa shape index (κ2) is 4.35. The molecule has 16 heavy (non-hydrogen) atoms. The first-order chi connectivity index (χ1) is 7.75. The second-order valence-electron chi connectivity index (χ2n) is 3.01. The van der Waals surface area contributed by atoms with Gasteiger partial charge in [0.1, 0.15) is 0 Å². The summed E-state index contributed by atoms with van der Waals surface area (Å²) < 4.78 is 0. The van der Waals surface area contributed by atoms with Crippen LogP contribution in [0.15, 0.2) is 42.9 Å². The Hall–Kier alpha value is -2.50. The number of aromatic nitrogens is 3. The number of nitrogens with zero attached hydrogens (tertiary/aromatic N) is 4. The van der Waals surface area contributed by atoms with E-state index >= 15 is 0 Å². The van der Waals surface area contributed by atoms with Gasteiger partial charge in [0, 0.05) is 6.08 Å². The molecule has 0 unspecified atom stereocenters. The lowest BCUT2D eigenvalue weighted by molar-refractivity contribution is -0.400. The molecule has 0 spiro atoms. The molecule has 1 aromatic heterocycles. The summed E-state index contributed by atoms with van der Waals surface area (Å²) in [5.74, 6) is 0. The highest BCUT2D eigenvalue weighted by Gasteiger charge is 1.96. The van der Waals surface area contributed by atoms with E-state index in [2.05, 4.69) is 10.2 Å². The Morgan fingerprint density at radius 2 is 1.81 bits per heavy atom. The third kappa shape index (κ3) is 2.30. The van der Waals surface area contributed by atoms with Gasteiger partial charge in [0.15, 0.2) is 0 Å². The molecule has 2 rings (SSSR count). The van der Waals surface area contributed by atoms with E-state index in [-0.39, 0.29) is 0 Å². The fourth-order valence-electron chi connectivity index (χ4n) is 1.21. The summed E-state index contributed by atoms with van der Waals surface area (Å²) in [5, 5.41) is 18.1. The van der Waals surface area contributed by atoms with Gasteiger partial charge in [-0.3, -0.25) is 10.1 Å². The molecule has 0 N–H and O–H groups in total. The van der Waals surface area contributed by atoms with Crippen molar-refractivity contribution in [2.24, 2.45) is 0 Å². The van der Waals surface area contributed by atoms with E-state index in [9.17, 15) is 10.1 Å². The first-order valence-electron chi connectivity index (χ1n) is 4.54. The van der Waals surface area contributed by atoms with E-state index in [1.165, 1.54) is 10.9 Å². The molecule has 6 heteroatoms. The van der Waals surface area contributed by atoms with Gasteiger partial charge in [-0.25, -0.2) is 0 Å². The minimum atomic E-state index is -0.497. The lowest BCUT2D eigenvalue weighted by Crippen LogP contribution is -1.97. The highest BCUT2D eigenvalue weighted by molar-refractivity contribution is 5.50. The molecule has 0 saturated heterocycles. The highest BCUT2D eigenvalue weighted by Crippen LogP contribution is 2.08. The molecule has 2 aromatic rings. The molecule has 0 radical (unpaired) electrons. The van der Waals surface area contributed by atoms with Crippen LogP contribution in [0.4, 0.5) is 0 Å². The van der Waals surface area contributed by atoms with Crippen LogP contribution in [0.3, 0.4) is 0 Å². The van der Waals surface area contributed by atoms with Crippen LogP contribution in [0.25, 0.3) is 11.8 Å². The average Bonchev–Trinajstić information content (AvgIpc) is 2.80. The van der Waals surface area contributed by atoms with E-state index in [4.69, 9.17) is 0 Å². The molecule has 80 valence electrons. The Labute approximate surface area is 91.0 Å². The Kier molecular flexibility index (Phi) is 2.73. The summed E-state index contributed by atoms with van der Waals surface area (Å²) in [6.07, 6.45) is 5.50. The maximum Gasteiger partial charge on any atom is 0.235 e. The molecule has 0 amide bonds. The van der Waals surface area contributed by atoms with E-state index in [0.29, 0.717) is 0 Å². The zero-order valence-electron chi connectivity index (χ0n) is 8.22. The van der Waals surface area contributed by atoms with Crippen molar-refractivity contribution in [3.8, 4) is 5.69 Å². The highest BCUT2D eigenvalue weighted by atomic mass is 16.6. The zero-order chi connectivity index (χ0) is 11.4. The summed E-state index contributed by atoms with van der Waals surface area (Å²) in [4.78, 5) is 11.1. The Bertz CT molecular complexity index is 502. The molecule has 0 atom stereocenters. The molecular formula is C10H8N4O2. The normalized spacial score (nSPS) is 10.8. The van der Waals surface area contributed by atoms with Crippen molar-refractivity contribution in [3.05, 3.63) is 58.5 Å². The molecular weight excluding hydrogens is 208 g/mol. The van der Waals surface area contributed by atoms with Crippen LogP contribution in [0.2, 0.25) is 0 Å². The minimum absolute atomic E-state index is 0.497. The van der Waals surface area contributed by atoms with Crippen molar-refractivity contribution >= 4 is 6.08 Å². The van der Waals surface area contributed by atoms with Gasteiger partial charge in [-0.1, -0.05) is 12.1 Å². The van der Waals surface area contributed by atoms with Crippen LogP contribution in [-0.2, 0) is 0 Å². The Morgan fingerprint density at radius 3 is 2.38 bits per heavy atom. The van der Waals surface area contributed by atoms with Crippen LogP contribution in [0.5, 0.6) is 0 Å². The lowest BCUT2D eigenvalue weighted by atomic mass is 10.2. The van der Waals surface area contributed by atoms with Crippen LogP contribution < -0.4 is 0 Å². The summed E-state index contributed by atoms with van der Waals surface area (Å²) in [7, 11) is 0. The average molecular weight is 216 g/mol. The van der Waals surface area contributed by atoms with Crippen molar-refractivity contribution in [1.82, 2.24) is 15.0 Å². The van der Waals surface area contributed by atoms with Gasteiger partial charge in [-0.05, 0) is 17.7 Å². The predicted octanol–water partition coefficient (Wildman–Crippen LogP) is 1.51. The molecule has 0 bridgehead atoms. The first-order valence-corrected chi connectivity index (χ1v) is 4.54. The van der Waals surface area contributed by atoms with Crippen molar-refractivity contribution < 1.29 is 4.92 Å². The number of hydrogen-bond acceptors (Lipinski definition) is 4.